The van der Waals surface area contributed by atoms with E-state index in [-0.39, 0.29) is 0 Å². The molecule has 0 bridgehead atoms. The molecular formula is C16H20N2. The zero-order chi connectivity index (χ0) is 12.8. The van der Waals surface area contributed by atoms with Crippen molar-refractivity contribution in [3.05, 3.63) is 61.8 Å². The Bertz CT molecular complexity index is 515. The van der Waals surface area contributed by atoms with E-state index in [0.717, 1.165) is 26.2 Å². The van der Waals surface area contributed by atoms with E-state index in [1.165, 1.54) is 10.9 Å². The molecule has 2 rings (SSSR count). The van der Waals surface area contributed by atoms with Crippen LogP contribution in [0.4, 0.5) is 0 Å². The molecule has 0 atom stereocenters. The summed E-state index contributed by atoms with van der Waals surface area (Å²) in [6.45, 7) is 11.4. The van der Waals surface area contributed by atoms with Crippen molar-refractivity contribution in [1.29, 1.82) is 0 Å². The normalized spacial score (nSPS) is 10.9. The van der Waals surface area contributed by atoms with Crippen LogP contribution in [-0.2, 0) is 6.54 Å². The Morgan fingerprint density at radius 2 is 1.78 bits per heavy atom. The molecule has 18 heavy (non-hydrogen) atoms. The lowest BCUT2D eigenvalue weighted by atomic mass is 10.2. The van der Waals surface area contributed by atoms with Crippen LogP contribution < -0.4 is 0 Å². The van der Waals surface area contributed by atoms with Crippen molar-refractivity contribution in [2.75, 3.05) is 19.6 Å². The first-order valence-electron chi connectivity index (χ1n) is 6.33. The van der Waals surface area contributed by atoms with E-state index in [1.54, 1.807) is 0 Å². The molecule has 0 N–H and O–H groups in total. The summed E-state index contributed by atoms with van der Waals surface area (Å²) in [7, 11) is 0. The number of hydrogen-bond donors (Lipinski definition) is 0. The molecule has 0 fully saturated rings. The number of hydrogen-bond acceptors (Lipinski definition) is 1. The number of rotatable bonds is 7. The average molecular weight is 240 g/mol. The van der Waals surface area contributed by atoms with E-state index < -0.39 is 0 Å². The molecule has 1 aromatic carbocycles. The quantitative estimate of drug-likeness (QED) is 0.674. The second-order valence-corrected chi connectivity index (χ2v) is 4.40. The van der Waals surface area contributed by atoms with Gasteiger partial charge < -0.3 is 4.57 Å². The van der Waals surface area contributed by atoms with Crippen LogP contribution >= 0.6 is 0 Å². The molecule has 1 heterocycles. The van der Waals surface area contributed by atoms with Gasteiger partial charge in [-0.3, -0.25) is 4.90 Å². The number of aromatic nitrogens is 1. The lowest BCUT2D eigenvalue weighted by molar-refractivity contribution is 0.321. The number of fused-ring (bicyclic) bond motifs is 1. The molecule has 0 saturated heterocycles. The van der Waals surface area contributed by atoms with Gasteiger partial charge in [0.25, 0.3) is 0 Å². The summed E-state index contributed by atoms with van der Waals surface area (Å²) < 4.78 is 2.30. The van der Waals surface area contributed by atoms with Crippen LogP contribution in [0, 0.1) is 0 Å². The van der Waals surface area contributed by atoms with E-state index in [9.17, 15) is 0 Å². The Kier molecular flexibility index (Phi) is 4.37. The van der Waals surface area contributed by atoms with Gasteiger partial charge in [-0.25, -0.2) is 0 Å². The largest absolute Gasteiger partial charge is 0.346 e. The topological polar surface area (TPSA) is 8.17 Å². The van der Waals surface area contributed by atoms with Gasteiger partial charge in [-0.15, -0.1) is 13.2 Å². The van der Waals surface area contributed by atoms with Crippen molar-refractivity contribution in [1.82, 2.24) is 9.47 Å². The molecule has 0 unspecified atom stereocenters. The van der Waals surface area contributed by atoms with E-state index in [0.29, 0.717) is 0 Å². The highest BCUT2D eigenvalue weighted by Gasteiger charge is 2.03. The van der Waals surface area contributed by atoms with Crippen LogP contribution in [-0.4, -0.2) is 29.1 Å². The van der Waals surface area contributed by atoms with Gasteiger partial charge in [-0.2, -0.15) is 0 Å². The zero-order valence-electron chi connectivity index (χ0n) is 10.8. The van der Waals surface area contributed by atoms with Crippen molar-refractivity contribution < 1.29 is 0 Å². The summed E-state index contributed by atoms with van der Waals surface area (Å²) >= 11 is 0. The maximum atomic E-state index is 3.79. The number of nitrogens with zero attached hydrogens (tertiary/aromatic N) is 2. The van der Waals surface area contributed by atoms with E-state index in [1.807, 2.05) is 12.2 Å². The van der Waals surface area contributed by atoms with Gasteiger partial charge in [-0.05, 0) is 17.5 Å². The molecule has 1 aromatic heterocycles. The Labute approximate surface area is 109 Å². The van der Waals surface area contributed by atoms with Gasteiger partial charge >= 0.3 is 0 Å². The molecule has 2 nitrogen and oxygen atoms in total. The Hall–Kier alpha value is -1.80. The highest BCUT2D eigenvalue weighted by Crippen LogP contribution is 2.14. The Balaban J connectivity index is 2.04. The first kappa shape index (κ1) is 12.7. The monoisotopic (exact) mass is 240 g/mol. The first-order chi connectivity index (χ1) is 8.85. The standard InChI is InChI=1S/C16H20N2/c1-3-10-17(11-4-2)13-14-18-12-9-15-7-5-6-8-16(15)18/h3-9,12H,1-2,10-11,13-14H2. The third-order valence-electron chi connectivity index (χ3n) is 3.11. The number of para-hydroxylation sites is 1. The van der Waals surface area contributed by atoms with Gasteiger partial charge in [0.2, 0.25) is 0 Å². The molecule has 94 valence electrons. The zero-order valence-corrected chi connectivity index (χ0v) is 10.8. The van der Waals surface area contributed by atoms with E-state index >= 15 is 0 Å². The van der Waals surface area contributed by atoms with Crippen LogP contribution in [0.2, 0.25) is 0 Å². The predicted molar refractivity (Wildman–Crippen MR) is 78.8 cm³/mol. The maximum absolute atomic E-state index is 3.79. The molecule has 0 amide bonds. The van der Waals surface area contributed by atoms with Crippen LogP contribution in [0.1, 0.15) is 0 Å². The number of benzene rings is 1. The summed E-state index contributed by atoms with van der Waals surface area (Å²) in [5, 5.41) is 1.30. The fourth-order valence-corrected chi connectivity index (χ4v) is 2.21. The fraction of sp³-hybridized carbons (Fsp3) is 0.250. The molecular weight excluding hydrogens is 220 g/mol. The Morgan fingerprint density at radius 3 is 2.50 bits per heavy atom. The van der Waals surface area contributed by atoms with Crippen molar-refractivity contribution in [3.63, 3.8) is 0 Å². The van der Waals surface area contributed by atoms with Crippen LogP contribution in [0.3, 0.4) is 0 Å². The van der Waals surface area contributed by atoms with Crippen molar-refractivity contribution >= 4 is 10.9 Å². The molecule has 0 aliphatic rings. The van der Waals surface area contributed by atoms with E-state index in [4.69, 9.17) is 0 Å². The van der Waals surface area contributed by atoms with Crippen LogP contribution in [0.25, 0.3) is 10.9 Å². The van der Waals surface area contributed by atoms with E-state index in [2.05, 4.69) is 59.2 Å². The molecule has 2 heteroatoms. The van der Waals surface area contributed by atoms with Crippen molar-refractivity contribution in [2.45, 2.75) is 6.54 Å². The summed E-state index contributed by atoms with van der Waals surface area (Å²) in [5.74, 6) is 0. The summed E-state index contributed by atoms with van der Waals surface area (Å²) in [4.78, 5) is 2.33. The minimum Gasteiger partial charge on any atom is -0.346 e. The van der Waals surface area contributed by atoms with Crippen LogP contribution in [0.15, 0.2) is 61.8 Å². The Morgan fingerprint density at radius 1 is 1.06 bits per heavy atom. The summed E-state index contributed by atoms with van der Waals surface area (Å²) in [6, 6.07) is 10.6. The van der Waals surface area contributed by atoms with Gasteiger partial charge in [0.1, 0.15) is 0 Å². The van der Waals surface area contributed by atoms with Gasteiger partial charge in [-0.1, -0.05) is 30.4 Å². The third kappa shape index (κ3) is 2.90. The molecule has 0 aliphatic carbocycles. The predicted octanol–water partition coefficient (Wildman–Crippen LogP) is 3.32. The lowest BCUT2D eigenvalue weighted by Gasteiger charge is -2.19. The van der Waals surface area contributed by atoms with Crippen molar-refractivity contribution in [2.24, 2.45) is 0 Å². The second-order valence-electron chi connectivity index (χ2n) is 4.40. The molecule has 0 aliphatic heterocycles. The van der Waals surface area contributed by atoms with Gasteiger partial charge in [0.05, 0.1) is 0 Å². The fourth-order valence-electron chi connectivity index (χ4n) is 2.21. The van der Waals surface area contributed by atoms with Gasteiger partial charge in [0, 0.05) is 37.9 Å². The average Bonchev–Trinajstić information content (AvgIpc) is 2.80. The molecule has 0 saturated carbocycles. The minimum absolute atomic E-state index is 0.908. The smallest absolute Gasteiger partial charge is 0.0480 e. The second kappa shape index (κ2) is 6.22. The van der Waals surface area contributed by atoms with Crippen LogP contribution in [0.5, 0.6) is 0 Å². The molecule has 0 radical (unpaired) electrons. The third-order valence-corrected chi connectivity index (χ3v) is 3.11. The summed E-state index contributed by atoms with van der Waals surface area (Å²) in [6.07, 6.45) is 6.04. The minimum atomic E-state index is 0.908. The lowest BCUT2D eigenvalue weighted by Crippen LogP contribution is -2.27. The first-order valence-corrected chi connectivity index (χ1v) is 6.33. The highest BCUT2D eigenvalue weighted by molar-refractivity contribution is 5.79. The van der Waals surface area contributed by atoms with Gasteiger partial charge in [0.15, 0.2) is 0 Å². The van der Waals surface area contributed by atoms with Crippen molar-refractivity contribution in [3.8, 4) is 0 Å². The SMILES string of the molecule is C=CCN(CC=C)CCn1ccc2ccccc21. The summed E-state index contributed by atoms with van der Waals surface area (Å²) in [5.41, 5.74) is 1.30. The highest BCUT2D eigenvalue weighted by atomic mass is 15.1. The maximum Gasteiger partial charge on any atom is 0.0480 e. The molecule has 0 spiro atoms. The molecule has 2 aromatic rings.